The summed E-state index contributed by atoms with van der Waals surface area (Å²) >= 11 is 0. The zero-order valence-electron chi connectivity index (χ0n) is 13.9. The summed E-state index contributed by atoms with van der Waals surface area (Å²) in [5, 5.41) is 4.78. The highest BCUT2D eigenvalue weighted by molar-refractivity contribution is 5.92. The topological polar surface area (TPSA) is 60.2 Å². The van der Waals surface area contributed by atoms with Gasteiger partial charge in [0.2, 0.25) is 0 Å². The van der Waals surface area contributed by atoms with Crippen LogP contribution in [-0.2, 0) is 17.8 Å². The standard InChI is InChI=1S/C18H22N4O2/c1-24-12-15-10-21(18(23)16-4-2-3-7-19-16)9-14-11-22(20-17(14)15)8-13-5-6-13/h2-4,7,11,13,15H,5-6,8-10,12H2,1H3. The number of pyridine rings is 1. The van der Waals surface area contributed by atoms with Crippen molar-refractivity contribution in [2.45, 2.75) is 31.8 Å². The molecule has 2 aliphatic rings. The second-order valence-electron chi connectivity index (χ2n) is 6.76. The molecule has 0 saturated heterocycles. The Hall–Kier alpha value is -2.21. The molecule has 24 heavy (non-hydrogen) atoms. The predicted molar refractivity (Wildman–Crippen MR) is 88.5 cm³/mol. The molecule has 1 atom stereocenters. The van der Waals surface area contributed by atoms with E-state index in [1.807, 2.05) is 17.0 Å². The molecule has 126 valence electrons. The van der Waals surface area contributed by atoms with Crippen molar-refractivity contribution in [2.24, 2.45) is 5.92 Å². The maximum atomic E-state index is 12.7. The smallest absolute Gasteiger partial charge is 0.272 e. The Morgan fingerprint density at radius 2 is 2.25 bits per heavy atom. The maximum Gasteiger partial charge on any atom is 0.272 e. The van der Waals surface area contributed by atoms with Crippen LogP contribution in [-0.4, -0.2) is 45.8 Å². The van der Waals surface area contributed by atoms with Crippen LogP contribution in [0.4, 0.5) is 0 Å². The Bertz CT molecular complexity index is 724. The molecular weight excluding hydrogens is 304 g/mol. The molecule has 1 unspecified atom stereocenters. The monoisotopic (exact) mass is 326 g/mol. The van der Waals surface area contributed by atoms with Crippen molar-refractivity contribution >= 4 is 5.91 Å². The van der Waals surface area contributed by atoms with E-state index in [0.717, 1.165) is 23.7 Å². The van der Waals surface area contributed by atoms with Gasteiger partial charge in [-0.2, -0.15) is 5.10 Å². The first-order valence-electron chi connectivity index (χ1n) is 8.50. The van der Waals surface area contributed by atoms with Gasteiger partial charge in [0.15, 0.2) is 0 Å². The molecule has 6 nitrogen and oxygen atoms in total. The number of ether oxygens (including phenoxy) is 1. The van der Waals surface area contributed by atoms with E-state index in [-0.39, 0.29) is 11.8 Å². The average Bonchev–Trinajstić information content (AvgIpc) is 3.32. The fraction of sp³-hybridized carbons (Fsp3) is 0.500. The van der Waals surface area contributed by atoms with Crippen LogP contribution in [0.15, 0.2) is 30.6 Å². The first-order chi connectivity index (χ1) is 11.7. The largest absolute Gasteiger partial charge is 0.384 e. The van der Waals surface area contributed by atoms with Gasteiger partial charge < -0.3 is 9.64 Å². The van der Waals surface area contributed by atoms with Gasteiger partial charge in [-0.25, -0.2) is 0 Å². The zero-order valence-corrected chi connectivity index (χ0v) is 13.9. The molecule has 0 spiro atoms. The molecule has 0 aromatic carbocycles. The minimum Gasteiger partial charge on any atom is -0.384 e. The van der Waals surface area contributed by atoms with Gasteiger partial charge in [0, 0.05) is 50.6 Å². The fourth-order valence-corrected chi connectivity index (χ4v) is 3.36. The number of hydrogen-bond donors (Lipinski definition) is 0. The molecule has 1 aliphatic carbocycles. The van der Waals surface area contributed by atoms with Gasteiger partial charge in [0.1, 0.15) is 5.69 Å². The minimum atomic E-state index is -0.0303. The minimum absolute atomic E-state index is 0.0303. The number of carbonyl (C=O) groups is 1. The van der Waals surface area contributed by atoms with E-state index in [1.165, 1.54) is 12.8 Å². The molecule has 1 amide bonds. The number of nitrogens with zero attached hydrogens (tertiary/aromatic N) is 4. The first-order valence-corrected chi connectivity index (χ1v) is 8.50. The molecule has 1 saturated carbocycles. The number of aromatic nitrogens is 3. The third kappa shape index (κ3) is 3.06. The lowest BCUT2D eigenvalue weighted by Crippen LogP contribution is -2.39. The third-order valence-corrected chi connectivity index (χ3v) is 4.74. The Balaban J connectivity index is 1.58. The van der Waals surface area contributed by atoms with Crippen LogP contribution in [0.2, 0.25) is 0 Å². The second-order valence-corrected chi connectivity index (χ2v) is 6.76. The highest BCUT2D eigenvalue weighted by Gasteiger charge is 2.32. The summed E-state index contributed by atoms with van der Waals surface area (Å²) in [6, 6.07) is 5.43. The summed E-state index contributed by atoms with van der Waals surface area (Å²) in [6.45, 7) is 2.77. The van der Waals surface area contributed by atoms with Crippen molar-refractivity contribution in [3.05, 3.63) is 47.5 Å². The summed E-state index contributed by atoms with van der Waals surface area (Å²) in [5.74, 6) is 0.864. The zero-order chi connectivity index (χ0) is 16.5. The average molecular weight is 326 g/mol. The summed E-state index contributed by atoms with van der Waals surface area (Å²) in [6.07, 6.45) is 6.36. The maximum absolute atomic E-state index is 12.7. The van der Waals surface area contributed by atoms with Crippen LogP contribution in [0.1, 0.15) is 40.5 Å². The highest BCUT2D eigenvalue weighted by atomic mass is 16.5. The summed E-state index contributed by atoms with van der Waals surface area (Å²) in [5.41, 5.74) is 2.71. The van der Waals surface area contributed by atoms with E-state index in [2.05, 4.69) is 15.9 Å². The number of fused-ring (bicyclic) bond motifs is 1. The van der Waals surface area contributed by atoms with E-state index < -0.39 is 0 Å². The van der Waals surface area contributed by atoms with Crippen molar-refractivity contribution in [3.63, 3.8) is 0 Å². The van der Waals surface area contributed by atoms with Gasteiger partial charge in [0.25, 0.3) is 5.91 Å². The summed E-state index contributed by atoms with van der Waals surface area (Å²) in [7, 11) is 1.69. The van der Waals surface area contributed by atoms with E-state index in [1.54, 1.807) is 19.4 Å². The lowest BCUT2D eigenvalue weighted by Gasteiger charge is -2.31. The second kappa shape index (κ2) is 6.36. The van der Waals surface area contributed by atoms with Crippen LogP contribution >= 0.6 is 0 Å². The molecule has 2 aromatic heterocycles. The van der Waals surface area contributed by atoms with Crippen LogP contribution < -0.4 is 0 Å². The Labute approximate surface area is 141 Å². The summed E-state index contributed by atoms with van der Waals surface area (Å²) < 4.78 is 7.43. The predicted octanol–water partition coefficient (Wildman–Crippen LogP) is 2.07. The Kier molecular flexibility index (Phi) is 4.06. The number of carbonyl (C=O) groups excluding carboxylic acids is 1. The SMILES string of the molecule is COCC1CN(C(=O)c2ccccn2)Cc2cn(CC3CC3)nc21. The van der Waals surface area contributed by atoms with Gasteiger partial charge in [0.05, 0.1) is 12.3 Å². The Morgan fingerprint density at radius 1 is 1.38 bits per heavy atom. The van der Waals surface area contributed by atoms with Crippen LogP contribution in [0.25, 0.3) is 0 Å². The van der Waals surface area contributed by atoms with Crippen LogP contribution in [0.5, 0.6) is 0 Å². The van der Waals surface area contributed by atoms with Gasteiger partial charge >= 0.3 is 0 Å². The molecule has 1 fully saturated rings. The van der Waals surface area contributed by atoms with Crippen LogP contribution in [0.3, 0.4) is 0 Å². The molecule has 6 heteroatoms. The molecule has 4 rings (SSSR count). The highest BCUT2D eigenvalue weighted by Crippen LogP contribution is 2.32. The van der Waals surface area contributed by atoms with Gasteiger partial charge in [-0.1, -0.05) is 6.07 Å². The van der Waals surface area contributed by atoms with E-state index in [9.17, 15) is 4.79 Å². The number of amides is 1. The van der Waals surface area contributed by atoms with E-state index >= 15 is 0 Å². The lowest BCUT2D eigenvalue weighted by molar-refractivity contribution is 0.0673. The normalized spacial score (nSPS) is 20.0. The van der Waals surface area contributed by atoms with Gasteiger partial charge in [-0.3, -0.25) is 14.5 Å². The van der Waals surface area contributed by atoms with Gasteiger partial charge in [-0.05, 0) is 30.9 Å². The molecule has 0 N–H and O–H groups in total. The van der Waals surface area contributed by atoms with Crippen molar-refractivity contribution in [3.8, 4) is 0 Å². The number of rotatable bonds is 5. The van der Waals surface area contributed by atoms with Crippen molar-refractivity contribution in [2.75, 3.05) is 20.3 Å². The van der Waals surface area contributed by atoms with Crippen molar-refractivity contribution in [1.82, 2.24) is 19.7 Å². The lowest BCUT2D eigenvalue weighted by atomic mass is 9.97. The molecular formula is C18H22N4O2. The number of methoxy groups -OCH3 is 1. The Morgan fingerprint density at radius 3 is 2.96 bits per heavy atom. The molecule has 3 heterocycles. The molecule has 2 aromatic rings. The van der Waals surface area contributed by atoms with Crippen LogP contribution in [0, 0.1) is 5.92 Å². The number of hydrogen-bond acceptors (Lipinski definition) is 4. The fourth-order valence-electron chi connectivity index (χ4n) is 3.36. The quantitative estimate of drug-likeness (QED) is 0.844. The van der Waals surface area contributed by atoms with Crippen molar-refractivity contribution in [1.29, 1.82) is 0 Å². The van der Waals surface area contributed by atoms with Gasteiger partial charge in [-0.15, -0.1) is 0 Å². The summed E-state index contributed by atoms with van der Waals surface area (Å²) in [4.78, 5) is 18.8. The van der Waals surface area contributed by atoms with E-state index in [0.29, 0.717) is 25.4 Å². The third-order valence-electron chi connectivity index (χ3n) is 4.74. The first kappa shape index (κ1) is 15.3. The molecule has 1 aliphatic heterocycles. The molecule has 0 radical (unpaired) electrons. The van der Waals surface area contributed by atoms with E-state index in [4.69, 9.17) is 9.84 Å². The van der Waals surface area contributed by atoms with Crippen molar-refractivity contribution < 1.29 is 9.53 Å². The molecule has 0 bridgehead atoms.